The van der Waals surface area contributed by atoms with Crippen LogP contribution in [0, 0.1) is 0 Å². The molecule has 180 valence electrons. The van der Waals surface area contributed by atoms with Crippen molar-refractivity contribution in [2.24, 2.45) is 0 Å². The van der Waals surface area contributed by atoms with Crippen LogP contribution in [0.1, 0.15) is 5.56 Å². The van der Waals surface area contributed by atoms with E-state index < -0.39 is 7.60 Å². The van der Waals surface area contributed by atoms with Gasteiger partial charge in [-0.1, -0.05) is 24.8 Å². The van der Waals surface area contributed by atoms with E-state index in [1.54, 1.807) is 24.3 Å². The lowest BCUT2D eigenvalue weighted by Gasteiger charge is -2.14. The predicted molar refractivity (Wildman–Crippen MR) is 138 cm³/mol. The Hall–Kier alpha value is -3.56. The molecule has 4 rings (SSSR count). The predicted octanol–water partition coefficient (Wildman–Crippen LogP) is 6.34. The molecule has 2 heterocycles. The second-order valence-corrected chi connectivity index (χ2v) is 10.5. The highest BCUT2D eigenvalue weighted by molar-refractivity contribution is 7.52. The Morgan fingerprint density at radius 1 is 1.09 bits per heavy atom. The third-order valence-electron chi connectivity index (χ3n) is 4.92. The molecular weight excluding hydrogens is 487 g/mol. The zero-order valence-electron chi connectivity index (χ0n) is 19.1. The maximum atomic E-state index is 12.4. The zero-order valence-corrected chi connectivity index (χ0v) is 20.8. The van der Waals surface area contributed by atoms with Gasteiger partial charge in [-0.3, -0.25) is 9.36 Å². The quantitative estimate of drug-likeness (QED) is 0.188. The van der Waals surface area contributed by atoms with Crippen LogP contribution in [0.5, 0.6) is 11.6 Å². The van der Waals surface area contributed by atoms with Gasteiger partial charge < -0.3 is 24.4 Å². The molecule has 0 radical (unpaired) electrons. The number of thiophene rings is 1. The number of hydrogen-bond donors (Lipinski definition) is 2. The largest absolute Gasteiger partial charge is 0.437 e. The number of carbonyl (C=O) groups is 1. The van der Waals surface area contributed by atoms with Crippen LogP contribution in [0.15, 0.2) is 72.6 Å². The maximum absolute atomic E-state index is 12.4. The van der Waals surface area contributed by atoms with Gasteiger partial charge in [-0.05, 0) is 47.4 Å². The van der Waals surface area contributed by atoms with Crippen molar-refractivity contribution < 1.29 is 23.1 Å². The summed E-state index contributed by atoms with van der Waals surface area (Å²) < 4.78 is 29.2. The molecule has 0 aliphatic rings. The molecule has 0 saturated carbocycles. The molecule has 11 heteroatoms. The minimum absolute atomic E-state index is 0.169. The Kier molecular flexibility index (Phi) is 7.57. The molecule has 0 aliphatic heterocycles. The zero-order chi connectivity index (χ0) is 24.8. The summed E-state index contributed by atoms with van der Waals surface area (Å²) in [5.41, 5.74) is 2.86. The number of aromatic nitrogens is 2. The van der Waals surface area contributed by atoms with Gasteiger partial charge in [-0.15, -0.1) is 11.3 Å². The number of hydrogen-bond acceptors (Lipinski definition) is 9. The fraction of sp³-hybridized carbons (Fsp3) is 0.125. The minimum Gasteiger partial charge on any atom is -0.437 e. The Balaban J connectivity index is 1.55. The highest BCUT2D eigenvalue weighted by Crippen LogP contribution is 2.49. The van der Waals surface area contributed by atoms with Crippen molar-refractivity contribution in [2.45, 2.75) is 6.16 Å². The first-order chi connectivity index (χ1) is 16.9. The molecule has 1 amide bonds. The molecule has 0 bridgehead atoms. The van der Waals surface area contributed by atoms with Gasteiger partial charge >= 0.3 is 7.60 Å². The number of ether oxygens (including phenoxy) is 1. The summed E-state index contributed by atoms with van der Waals surface area (Å²) in [5, 5.41) is 7.80. The van der Waals surface area contributed by atoms with Gasteiger partial charge in [0.05, 0.1) is 11.7 Å². The molecule has 2 aromatic heterocycles. The maximum Gasteiger partial charge on any atom is 0.334 e. The van der Waals surface area contributed by atoms with E-state index in [0.717, 1.165) is 21.5 Å². The second kappa shape index (κ2) is 10.8. The van der Waals surface area contributed by atoms with Crippen molar-refractivity contribution in [3.63, 3.8) is 0 Å². The number of fused-ring (bicyclic) bond motifs is 1. The third-order valence-corrected chi connectivity index (χ3v) is 7.67. The molecule has 2 N–H and O–H groups in total. The summed E-state index contributed by atoms with van der Waals surface area (Å²) >= 11 is 1.47. The smallest absolute Gasteiger partial charge is 0.334 e. The standard InChI is InChI=1S/C24H23N4O5PS/c1-4-21(29)25-18-6-5-7-19(14-18)33-23-22-20(12-13-35-22)27-24(28-23)26-17-10-8-16(9-11-17)15-34(30,31-2)32-3/h4-14H,1,15H2,2-3H3,(H,25,29)(H,26,27,28). The molecule has 0 fully saturated rings. The van der Waals surface area contributed by atoms with Crippen LogP contribution in [-0.2, 0) is 24.6 Å². The molecule has 9 nitrogen and oxygen atoms in total. The number of amides is 1. The van der Waals surface area contributed by atoms with Gasteiger partial charge in [0, 0.05) is 31.7 Å². The van der Waals surface area contributed by atoms with Crippen LogP contribution < -0.4 is 15.4 Å². The van der Waals surface area contributed by atoms with Gasteiger partial charge in [-0.25, -0.2) is 4.98 Å². The normalized spacial score (nSPS) is 11.3. The topological polar surface area (TPSA) is 112 Å². The first-order valence-electron chi connectivity index (χ1n) is 10.4. The molecule has 2 aromatic carbocycles. The summed E-state index contributed by atoms with van der Waals surface area (Å²) in [6, 6.07) is 16.2. The lowest BCUT2D eigenvalue weighted by molar-refractivity contribution is -0.111. The summed E-state index contributed by atoms with van der Waals surface area (Å²) in [6.07, 6.45) is 1.37. The fourth-order valence-corrected chi connectivity index (χ4v) is 4.97. The highest BCUT2D eigenvalue weighted by Gasteiger charge is 2.21. The van der Waals surface area contributed by atoms with Crippen molar-refractivity contribution in [1.29, 1.82) is 0 Å². The first-order valence-corrected chi connectivity index (χ1v) is 13.0. The third kappa shape index (κ3) is 6.12. The van der Waals surface area contributed by atoms with E-state index >= 15 is 0 Å². The number of nitrogens with one attached hydrogen (secondary N) is 2. The fourth-order valence-electron chi connectivity index (χ4n) is 3.15. The Morgan fingerprint density at radius 3 is 2.57 bits per heavy atom. The van der Waals surface area contributed by atoms with Crippen LogP contribution in [0.25, 0.3) is 10.2 Å². The summed E-state index contributed by atoms with van der Waals surface area (Å²) in [4.78, 5) is 20.7. The molecule has 0 spiro atoms. The van der Waals surface area contributed by atoms with Crippen molar-refractivity contribution in [3.8, 4) is 11.6 Å². The van der Waals surface area contributed by atoms with Crippen molar-refractivity contribution in [1.82, 2.24) is 9.97 Å². The molecule has 0 atom stereocenters. The number of nitrogens with zero attached hydrogens (tertiary/aromatic N) is 2. The van der Waals surface area contributed by atoms with Crippen LogP contribution in [0.3, 0.4) is 0 Å². The highest BCUT2D eigenvalue weighted by atomic mass is 32.1. The number of rotatable bonds is 10. The van der Waals surface area contributed by atoms with E-state index in [1.165, 1.54) is 31.6 Å². The van der Waals surface area contributed by atoms with E-state index in [2.05, 4.69) is 27.2 Å². The second-order valence-electron chi connectivity index (χ2n) is 7.27. The Morgan fingerprint density at radius 2 is 1.86 bits per heavy atom. The van der Waals surface area contributed by atoms with E-state index in [9.17, 15) is 9.36 Å². The summed E-state index contributed by atoms with van der Waals surface area (Å²) in [6.45, 7) is 3.46. The van der Waals surface area contributed by atoms with Crippen molar-refractivity contribution in [2.75, 3.05) is 24.9 Å². The van der Waals surface area contributed by atoms with Gasteiger partial charge in [0.1, 0.15) is 10.4 Å². The van der Waals surface area contributed by atoms with Crippen molar-refractivity contribution in [3.05, 3.63) is 78.2 Å². The van der Waals surface area contributed by atoms with Gasteiger partial charge in [-0.2, -0.15) is 4.98 Å². The number of benzene rings is 2. The molecule has 0 aliphatic carbocycles. The minimum atomic E-state index is -3.15. The van der Waals surface area contributed by atoms with E-state index in [0.29, 0.717) is 23.3 Å². The Labute approximate surface area is 206 Å². The number of anilines is 3. The van der Waals surface area contributed by atoms with Gasteiger partial charge in [0.15, 0.2) is 0 Å². The van der Waals surface area contributed by atoms with E-state index in [4.69, 9.17) is 13.8 Å². The molecule has 0 saturated heterocycles. The molecule has 35 heavy (non-hydrogen) atoms. The van der Waals surface area contributed by atoms with Crippen LogP contribution in [0.4, 0.5) is 17.3 Å². The van der Waals surface area contributed by atoms with Crippen LogP contribution >= 0.6 is 18.9 Å². The SMILES string of the molecule is C=CC(=O)Nc1cccc(Oc2nc(Nc3ccc(CP(=O)(OC)OC)cc3)nc3ccsc23)c1. The lowest BCUT2D eigenvalue weighted by atomic mass is 10.2. The molecule has 0 unspecified atom stereocenters. The summed E-state index contributed by atoms with van der Waals surface area (Å²) in [7, 11) is -0.414. The Bertz CT molecular complexity index is 1400. The van der Waals surface area contributed by atoms with E-state index in [-0.39, 0.29) is 12.1 Å². The number of carbonyl (C=O) groups excluding carboxylic acids is 1. The van der Waals surface area contributed by atoms with Gasteiger partial charge in [0.25, 0.3) is 0 Å². The van der Waals surface area contributed by atoms with Gasteiger partial charge in [0.2, 0.25) is 17.7 Å². The van der Waals surface area contributed by atoms with Crippen LogP contribution in [0.2, 0.25) is 0 Å². The summed E-state index contributed by atoms with van der Waals surface area (Å²) in [5.74, 6) is 0.942. The average molecular weight is 511 g/mol. The van der Waals surface area contributed by atoms with E-state index in [1.807, 2.05) is 35.7 Å². The van der Waals surface area contributed by atoms with Crippen LogP contribution in [-0.4, -0.2) is 30.1 Å². The first kappa shape index (κ1) is 24.6. The lowest BCUT2D eigenvalue weighted by Crippen LogP contribution is -2.07. The van der Waals surface area contributed by atoms with Crippen molar-refractivity contribution >= 4 is 52.4 Å². The molecular formula is C24H23N4O5PS. The monoisotopic (exact) mass is 510 g/mol. The average Bonchev–Trinajstić information content (AvgIpc) is 3.34. The molecule has 4 aromatic rings.